The van der Waals surface area contributed by atoms with Gasteiger partial charge in [-0.3, -0.25) is 14.5 Å². The van der Waals surface area contributed by atoms with Gasteiger partial charge in [-0.1, -0.05) is 38.8 Å². The number of anilines is 1. The van der Waals surface area contributed by atoms with Crippen molar-refractivity contribution < 1.29 is 14.4 Å². The molecule has 1 aromatic carbocycles. The van der Waals surface area contributed by atoms with Crippen molar-refractivity contribution in [1.82, 2.24) is 15.5 Å². The Bertz CT molecular complexity index is 736. The highest BCUT2D eigenvalue weighted by Gasteiger charge is 2.55. The molecule has 3 N–H and O–H groups in total. The molecule has 1 aliphatic heterocycles. The lowest BCUT2D eigenvalue weighted by Crippen LogP contribution is -2.54. The van der Waals surface area contributed by atoms with Crippen LogP contribution in [-0.4, -0.2) is 41.4 Å². The maximum Gasteiger partial charge on any atom is 0.325 e. The molecular formula is C20H28N4O3. The number of imide groups is 1. The summed E-state index contributed by atoms with van der Waals surface area (Å²) in [5.74, 6) is -0.561. The lowest BCUT2D eigenvalue weighted by molar-refractivity contribution is -0.136. The molecule has 1 spiro atoms. The number of rotatable bonds is 6. The SMILES string of the molecule is CCNCc1cccc(NC(=O)CN2C(=O)NC3(CCCCC3C)C2=O)c1. The van der Waals surface area contributed by atoms with Crippen LogP contribution in [0.3, 0.4) is 0 Å². The van der Waals surface area contributed by atoms with Gasteiger partial charge in [-0.05, 0) is 43.0 Å². The second-order valence-electron chi connectivity index (χ2n) is 7.47. The van der Waals surface area contributed by atoms with Crippen molar-refractivity contribution in [1.29, 1.82) is 0 Å². The van der Waals surface area contributed by atoms with Crippen molar-refractivity contribution in [3.05, 3.63) is 29.8 Å². The summed E-state index contributed by atoms with van der Waals surface area (Å²) in [6, 6.07) is 7.06. The molecule has 2 unspecified atom stereocenters. The van der Waals surface area contributed by atoms with Gasteiger partial charge < -0.3 is 16.0 Å². The first-order valence-corrected chi connectivity index (χ1v) is 9.70. The average Bonchev–Trinajstić information content (AvgIpc) is 2.88. The number of urea groups is 1. The van der Waals surface area contributed by atoms with Gasteiger partial charge in [-0.15, -0.1) is 0 Å². The first-order chi connectivity index (χ1) is 13.0. The summed E-state index contributed by atoms with van der Waals surface area (Å²) in [4.78, 5) is 38.8. The summed E-state index contributed by atoms with van der Waals surface area (Å²) in [6.07, 6.45) is 3.53. The number of nitrogens with one attached hydrogen (secondary N) is 3. The summed E-state index contributed by atoms with van der Waals surface area (Å²) >= 11 is 0. The predicted octanol–water partition coefficient (Wildman–Crippen LogP) is 2.24. The summed E-state index contributed by atoms with van der Waals surface area (Å²) in [5, 5.41) is 8.89. The highest BCUT2D eigenvalue weighted by molar-refractivity contribution is 6.10. The van der Waals surface area contributed by atoms with Crippen molar-refractivity contribution in [2.24, 2.45) is 5.92 Å². The molecular weight excluding hydrogens is 344 g/mol. The van der Waals surface area contributed by atoms with Crippen LogP contribution in [0.4, 0.5) is 10.5 Å². The van der Waals surface area contributed by atoms with Gasteiger partial charge in [0.15, 0.2) is 0 Å². The van der Waals surface area contributed by atoms with E-state index >= 15 is 0 Å². The molecule has 27 heavy (non-hydrogen) atoms. The van der Waals surface area contributed by atoms with Crippen LogP contribution in [0.15, 0.2) is 24.3 Å². The molecule has 0 aromatic heterocycles. The number of hydrogen-bond donors (Lipinski definition) is 3. The van der Waals surface area contributed by atoms with Crippen LogP contribution in [0.5, 0.6) is 0 Å². The number of hydrogen-bond acceptors (Lipinski definition) is 4. The fourth-order valence-corrected chi connectivity index (χ4v) is 4.01. The highest BCUT2D eigenvalue weighted by Crippen LogP contribution is 2.38. The standard InChI is InChI=1S/C20H28N4O3/c1-3-21-12-15-8-6-9-16(11-15)22-17(25)13-24-18(26)20(23-19(24)27)10-5-4-7-14(20)2/h6,8-9,11,14,21H,3-5,7,10,12-13H2,1-2H3,(H,22,25)(H,23,27). The molecule has 2 fully saturated rings. The summed E-state index contributed by atoms with van der Waals surface area (Å²) in [7, 11) is 0. The number of carbonyl (C=O) groups excluding carboxylic acids is 3. The fourth-order valence-electron chi connectivity index (χ4n) is 4.01. The van der Waals surface area contributed by atoms with Crippen LogP contribution in [0.1, 0.15) is 45.1 Å². The Balaban J connectivity index is 1.64. The number of carbonyl (C=O) groups is 3. The van der Waals surface area contributed by atoms with Gasteiger partial charge >= 0.3 is 6.03 Å². The maximum absolute atomic E-state index is 12.9. The molecule has 1 aromatic rings. The third kappa shape index (κ3) is 3.98. The van der Waals surface area contributed by atoms with Crippen molar-refractivity contribution in [2.75, 3.05) is 18.4 Å². The second kappa shape index (κ2) is 8.08. The van der Waals surface area contributed by atoms with Gasteiger partial charge in [0, 0.05) is 12.2 Å². The van der Waals surface area contributed by atoms with E-state index in [1.54, 1.807) is 6.07 Å². The Morgan fingerprint density at radius 3 is 2.89 bits per heavy atom. The zero-order valence-electron chi connectivity index (χ0n) is 16.0. The molecule has 1 saturated heterocycles. The van der Waals surface area contributed by atoms with Gasteiger partial charge in [0.2, 0.25) is 5.91 Å². The number of amides is 4. The third-order valence-corrected chi connectivity index (χ3v) is 5.59. The van der Waals surface area contributed by atoms with Gasteiger partial charge in [0.05, 0.1) is 0 Å². The molecule has 2 aliphatic rings. The molecule has 1 aliphatic carbocycles. The Kier molecular flexibility index (Phi) is 5.79. The first kappa shape index (κ1) is 19.4. The number of nitrogens with zero attached hydrogens (tertiary/aromatic N) is 1. The number of benzene rings is 1. The van der Waals surface area contributed by atoms with E-state index in [0.717, 1.165) is 36.3 Å². The van der Waals surface area contributed by atoms with Crippen LogP contribution in [-0.2, 0) is 16.1 Å². The molecule has 1 saturated carbocycles. The van der Waals surface area contributed by atoms with E-state index in [4.69, 9.17) is 0 Å². The largest absolute Gasteiger partial charge is 0.325 e. The van der Waals surface area contributed by atoms with E-state index in [1.807, 2.05) is 32.0 Å². The second-order valence-corrected chi connectivity index (χ2v) is 7.47. The van der Waals surface area contributed by atoms with E-state index in [-0.39, 0.29) is 24.3 Å². The van der Waals surface area contributed by atoms with Crippen molar-refractivity contribution >= 4 is 23.5 Å². The molecule has 7 heteroatoms. The van der Waals surface area contributed by atoms with E-state index in [0.29, 0.717) is 18.7 Å². The van der Waals surface area contributed by atoms with Crippen LogP contribution in [0.2, 0.25) is 0 Å². The van der Waals surface area contributed by atoms with Crippen LogP contribution >= 0.6 is 0 Å². The Morgan fingerprint density at radius 2 is 2.15 bits per heavy atom. The lowest BCUT2D eigenvalue weighted by atomic mass is 9.73. The molecule has 7 nitrogen and oxygen atoms in total. The van der Waals surface area contributed by atoms with E-state index < -0.39 is 11.6 Å². The molecule has 4 amide bonds. The monoisotopic (exact) mass is 372 g/mol. The van der Waals surface area contributed by atoms with Crippen LogP contribution in [0, 0.1) is 5.92 Å². The summed E-state index contributed by atoms with van der Waals surface area (Å²) < 4.78 is 0. The average molecular weight is 372 g/mol. The summed E-state index contributed by atoms with van der Waals surface area (Å²) in [5.41, 5.74) is 0.879. The highest BCUT2D eigenvalue weighted by atomic mass is 16.2. The van der Waals surface area contributed by atoms with Crippen molar-refractivity contribution in [3.63, 3.8) is 0 Å². The minimum absolute atomic E-state index is 0.0820. The van der Waals surface area contributed by atoms with E-state index in [1.165, 1.54) is 0 Å². The minimum atomic E-state index is -0.832. The third-order valence-electron chi connectivity index (χ3n) is 5.59. The Morgan fingerprint density at radius 1 is 1.33 bits per heavy atom. The van der Waals surface area contributed by atoms with Crippen molar-refractivity contribution in [2.45, 2.75) is 51.6 Å². The van der Waals surface area contributed by atoms with Gasteiger partial charge in [0.25, 0.3) is 5.91 Å². The summed E-state index contributed by atoms with van der Waals surface area (Å²) in [6.45, 7) is 5.34. The van der Waals surface area contributed by atoms with Gasteiger partial charge in [0.1, 0.15) is 12.1 Å². The Labute approximate surface area is 159 Å². The molecule has 1 heterocycles. The molecule has 2 atom stereocenters. The minimum Gasteiger partial charge on any atom is -0.325 e. The van der Waals surface area contributed by atoms with Gasteiger partial charge in [-0.2, -0.15) is 0 Å². The zero-order chi connectivity index (χ0) is 19.4. The quantitative estimate of drug-likeness (QED) is 0.668. The molecule has 3 rings (SSSR count). The van der Waals surface area contributed by atoms with Gasteiger partial charge in [-0.25, -0.2) is 4.79 Å². The predicted molar refractivity (Wildman–Crippen MR) is 103 cm³/mol. The topological polar surface area (TPSA) is 90.5 Å². The normalized spacial score (nSPS) is 25.0. The molecule has 0 radical (unpaired) electrons. The smallest absolute Gasteiger partial charge is 0.325 e. The zero-order valence-corrected chi connectivity index (χ0v) is 16.0. The Hall–Kier alpha value is -2.41. The maximum atomic E-state index is 12.9. The van der Waals surface area contributed by atoms with Crippen LogP contribution in [0.25, 0.3) is 0 Å². The first-order valence-electron chi connectivity index (χ1n) is 9.70. The molecule has 0 bridgehead atoms. The fraction of sp³-hybridized carbons (Fsp3) is 0.550. The van der Waals surface area contributed by atoms with Crippen molar-refractivity contribution in [3.8, 4) is 0 Å². The van der Waals surface area contributed by atoms with Crippen LogP contribution < -0.4 is 16.0 Å². The van der Waals surface area contributed by atoms with E-state index in [2.05, 4.69) is 16.0 Å². The van der Waals surface area contributed by atoms with E-state index in [9.17, 15) is 14.4 Å². The lowest BCUT2D eigenvalue weighted by Gasteiger charge is -2.36. The molecule has 146 valence electrons.